The molecule has 0 radical (unpaired) electrons. The summed E-state index contributed by atoms with van der Waals surface area (Å²) >= 11 is 0. The monoisotopic (exact) mass is 305 g/mol. The van der Waals surface area contributed by atoms with Crippen molar-refractivity contribution >= 4 is 16.7 Å². The fourth-order valence-corrected chi connectivity index (χ4v) is 3.01. The van der Waals surface area contributed by atoms with E-state index in [1.807, 2.05) is 45.0 Å². The lowest BCUT2D eigenvalue weighted by atomic mass is 10.2. The first-order valence-electron chi connectivity index (χ1n) is 6.80. The highest BCUT2D eigenvalue weighted by Crippen LogP contribution is 2.16. The fraction of sp³-hybridized carbons (Fsp3) is 0.312. The van der Waals surface area contributed by atoms with E-state index >= 15 is 0 Å². The summed E-state index contributed by atoms with van der Waals surface area (Å²) in [6.45, 7) is 5.73. The van der Waals surface area contributed by atoms with Gasteiger partial charge in [0.05, 0.1) is 16.6 Å². The van der Waals surface area contributed by atoms with Gasteiger partial charge < -0.3 is 9.73 Å². The second kappa shape index (κ2) is 6.72. The molecule has 112 valence electrons. The number of benzene rings is 1. The topological polar surface area (TPSA) is 59.3 Å². The van der Waals surface area contributed by atoms with Gasteiger partial charge in [0, 0.05) is 10.9 Å². The molecule has 1 aromatic carbocycles. The fourth-order valence-electron chi connectivity index (χ4n) is 1.88. The Morgan fingerprint density at radius 1 is 1.29 bits per heavy atom. The largest absolute Gasteiger partial charge is 0.455 e. The van der Waals surface area contributed by atoms with Crippen molar-refractivity contribution in [2.45, 2.75) is 37.5 Å². The van der Waals surface area contributed by atoms with Gasteiger partial charge in [-0.05, 0) is 50.6 Å². The lowest BCUT2D eigenvalue weighted by Crippen LogP contribution is -2.29. The maximum absolute atomic E-state index is 12.3. The number of nitrogens with one attached hydrogen (secondary N) is 1. The summed E-state index contributed by atoms with van der Waals surface area (Å²) in [5.41, 5.74) is 1.07. The molecule has 2 rings (SSSR count). The maximum Gasteiger partial charge on any atom is 0.287 e. The quantitative estimate of drug-likeness (QED) is 0.923. The average molecular weight is 305 g/mol. The zero-order valence-corrected chi connectivity index (χ0v) is 13.2. The Labute approximate surface area is 127 Å². The van der Waals surface area contributed by atoms with Gasteiger partial charge in [-0.3, -0.25) is 9.00 Å². The van der Waals surface area contributed by atoms with Crippen LogP contribution in [0.3, 0.4) is 0 Å². The predicted molar refractivity (Wildman–Crippen MR) is 82.6 cm³/mol. The Hall–Kier alpha value is -1.88. The third-order valence-corrected chi connectivity index (χ3v) is 4.16. The number of carbonyl (C=O) groups is 1. The van der Waals surface area contributed by atoms with Crippen LogP contribution in [-0.4, -0.2) is 16.2 Å². The first kappa shape index (κ1) is 15.5. The van der Waals surface area contributed by atoms with Gasteiger partial charge in [-0.15, -0.1) is 0 Å². The van der Waals surface area contributed by atoms with Gasteiger partial charge in [0.1, 0.15) is 5.76 Å². The first-order valence-corrected chi connectivity index (χ1v) is 8.12. The molecule has 1 aromatic heterocycles. The summed E-state index contributed by atoms with van der Waals surface area (Å²) in [6, 6.07) is 10.9. The second-order valence-electron chi connectivity index (χ2n) is 5.20. The summed E-state index contributed by atoms with van der Waals surface area (Å²) in [6.07, 6.45) is 0. The average Bonchev–Trinajstić information content (AvgIpc) is 2.86. The van der Waals surface area contributed by atoms with Crippen LogP contribution in [0.15, 0.2) is 45.7 Å². The Balaban J connectivity index is 2.05. The first-order chi connectivity index (χ1) is 9.95. The molecule has 1 N–H and O–H groups in total. The molecule has 21 heavy (non-hydrogen) atoms. The van der Waals surface area contributed by atoms with Crippen molar-refractivity contribution in [3.63, 3.8) is 0 Å². The third kappa shape index (κ3) is 4.29. The summed E-state index contributed by atoms with van der Waals surface area (Å²) in [5.74, 6) is 0.805. The molecular weight excluding hydrogens is 286 g/mol. The van der Waals surface area contributed by atoms with Crippen molar-refractivity contribution in [1.82, 2.24) is 5.32 Å². The molecule has 2 aromatic rings. The number of rotatable bonds is 5. The number of hydrogen-bond donors (Lipinski definition) is 1. The van der Waals surface area contributed by atoms with E-state index in [0.29, 0.717) is 5.76 Å². The summed E-state index contributed by atoms with van der Waals surface area (Å²) < 4.78 is 17.7. The lowest BCUT2D eigenvalue weighted by Gasteiger charge is -2.05. The van der Waals surface area contributed by atoms with Gasteiger partial charge >= 0.3 is 0 Å². The molecule has 0 aliphatic heterocycles. The van der Waals surface area contributed by atoms with E-state index in [9.17, 15) is 9.00 Å². The minimum Gasteiger partial charge on any atom is -0.455 e. The second-order valence-corrected chi connectivity index (χ2v) is 6.65. The molecule has 1 heterocycles. The molecule has 5 heteroatoms. The summed E-state index contributed by atoms with van der Waals surface area (Å²) in [4.78, 5) is 12.6. The van der Waals surface area contributed by atoms with Crippen LogP contribution in [0, 0.1) is 6.92 Å². The van der Waals surface area contributed by atoms with Crippen molar-refractivity contribution in [3.8, 4) is 0 Å². The molecule has 0 fully saturated rings. The van der Waals surface area contributed by atoms with Crippen molar-refractivity contribution in [3.05, 3.63) is 53.5 Å². The Morgan fingerprint density at radius 2 is 2.05 bits per heavy atom. The van der Waals surface area contributed by atoms with Crippen LogP contribution in [0.4, 0.5) is 0 Å². The highest BCUT2D eigenvalue weighted by Gasteiger charge is 2.14. The molecule has 0 aliphatic rings. The van der Waals surface area contributed by atoms with Crippen LogP contribution < -0.4 is 5.32 Å². The number of aryl methyl sites for hydroxylation is 1. The molecule has 1 unspecified atom stereocenters. The van der Waals surface area contributed by atoms with E-state index < -0.39 is 10.8 Å². The number of hydrogen-bond acceptors (Lipinski definition) is 3. The third-order valence-electron chi connectivity index (χ3n) is 2.83. The van der Waals surface area contributed by atoms with E-state index in [-0.39, 0.29) is 23.5 Å². The molecule has 4 nitrogen and oxygen atoms in total. The molecule has 0 spiro atoms. The van der Waals surface area contributed by atoms with Crippen LogP contribution in [0.5, 0.6) is 0 Å². The van der Waals surface area contributed by atoms with Crippen LogP contribution in [0.25, 0.3) is 0 Å². The molecular formula is C16H19NO3S. The molecule has 1 amide bonds. The van der Waals surface area contributed by atoms with E-state index in [0.717, 1.165) is 10.5 Å². The van der Waals surface area contributed by atoms with Crippen LogP contribution in [-0.2, 0) is 16.6 Å². The maximum atomic E-state index is 12.3. The van der Waals surface area contributed by atoms with Crippen LogP contribution >= 0.6 is 0 Å². The highest BCUT2D eigenvalue weighted by molar-refractivity contribution is 7.84. The van der Waals surface area contributed by atoms with E-state index in [2.05, 4.69) is 5.32 Å². The zero-order valence-electron chi connectivity index (χ0n) is 12.4. The summed E-state index contributed by atoms with van der Waals surface area (Å²) in [5, 5.41) is 2.76. The van der Waals surface area contributed by atoms with Crippen LogP contribution in [0.2, 0.25) is 0 Å². The summed E-state index contributed by atoms with van der Waals surface area (Å²) in [7, 11) is -1.18. The number of amides is 1. The van der Waals surface area contributed by atoms with Crippen LogP contribution in [0.1, 0.15) is 35.7 Å². The zero-order chi connectivity index (χ0) is 15.4. The minimum atomic E-state index is -1.18. The highest BCUT2D eigenvalue weighted by atomic mass is 32.2. The van der Waals surface area contributed by atoms with E-state index in [1.165, 1.54) is 0 Å². The van der Waals surface area contributed by atoms with Crippen molar-refractivity contribution < 1.29 is 13.4 Å². The molecule has 0 bridgehead atoms. The molecule has 0 aliphatic carbocycles. The number of furan rings is 1. The Kier molecular flexibility index (Phi) is 4.96. The smallest absolute Gasteiger partial charge is 0.287 e. The SMILES string of the molecule is Cc1cccc(S(=O)Cc2ccc(C(=O)NC(C)C)o2)c1. The van der Waals surface area contributed by atoms with Gasteiger partial charge in [-0.25, -0.2) is 0 Å². The standard InChI is InChI=1S/C16H19NO3S/c1-11(2)17-16(18)15-8-7-13(20-15)10-21(19)14-6-4-5-12(3)9-14/h4-9,11H,10H2,1-3H3,(H,17,18). The van der Waals surface area contributed by atoms with Gasteiger partial charge in [0.15, 0.2) is 5.76 Å². The van der Waals surface area contributed by atoms with Gasteiger partial charge in [-0.2, -0.15) is 0 Å². The predicted octanol–water partition coefficient (Wildman–Crippen LogP) is 3.03. The van der Waals surface area contributed by atoms with Gasteiger partial charge in [0.2, 0.25) is 0 Å². The Morgan fingerprint density at radius 3 is 2.71 bits per heavy atom. The number of carbonyl (C=O) groups excluding carboxylic acids is 1. The molecule has 0 saturated heterocycles. The van der Waals surface area contributed by atoms with E-state index in [4.69, 9.17) is 4.42 Å². The van der Waals surface area contributed by atoms with Crippen molar-refractivity contribution in [2.24, 2.45) is 0 Å². The minimum absolute atomic E-state index is 0.0486. The normalized spacial score (nSPS) is 12.4. The molecule has 1 atom stereocenters. The van der Waals surface area contributed by atoms with E-state index in [1.54, 1.807) is 12.1 Å². The van der Waals surface area contributed by atoms with Crippen molar-refractivity contribution in [2.75, 3.05) is 0 Å². The van der Waals surface area contributed by atoms with Gasteiger partial charge in [-0.1, -0.05) is 12.1 Å². The Bertz CT molecular complexity index is 661. The lowest BCUT2D eigenvalue weighted by molar-refractivity contribution is 0.0913. The van der Waals surface area contributed by atoms with Gasteiger partial charge in [0.25, 0.3) is 5.91 Å². The molecule has 0 saturated carbocycles. The van der Waals surface area contributed by atoms with Crippen molar-refractivity contribution in [1.29, 1.82) is 0 Å².